The fraction of sp³-hybridized carbons (Fsp3) is 0.214. The van der Waals surface area contributed by atoms with Crippen LogP contribution in [0.15, 0.2) is 77.8 Å². The van der Waals surface area contributed by atoms with E-state index >= 15 is 0 Å². The Morgan fingerprint density at radius 1 is 1.00 bits per heavy atom. The lowest BCUT2D eigenvalue weighted by Gasteiger charge is -2.18. The van der Waals surface area contributed by atoms with Gasteiger partial charge in [-0.15, -0.1) is 0 Å². The number of sulfone groups is 1. The van der Waals surface area contributed by atoms with Crippen molar-refractivity contribution in [1.82, 2.24) is 4.98 Å². The van der Waals surface area contributed by atoms with Crippen LogP contribution in [0.3, 0.4) is 0 Å². The van der Waals surface area contributed by atoms with Crippen LogP contribution in [0.5, 0.6) is 5.75 Å². The number of para-hydroxylation sites is 1. The molecule has 5 nitrogen and oxygen atoms in total. The van der Waals surface area contributed by atoms with E-state index in [0.29, 0.717) is 16.5 Å². The van der Waals surface area contributed by atoms with Crippen molar-refractivity contribution in [3.05, 3.63) is 89.6 Å². The molecule has 0 radical (unpaired) electrons. The molecule has 0 bridgehead atoms. The number of pyridine rings is 1. The first-order valence-corrected chi connectivity index (χ1v) is 13.2. The number of hydrogen-bond acceptors (Lipinski definition) is 5. The van der Waals surface area contributed by atoms with Gasteiger partial charge in [0.25, 0.3) is 0 Å². The van der Waals surface area contributed by atoms with E-state index in [0.717, 1.165) is 11.6 Å². The molecular formula is C28H24F3NO4S. The van der Waals surface area contributed by atoms with Gasteiger partial charge in [0.2, 0.25) is 0 Å². The third kappa shape index (κ3) is 5.36. The van der Waals surface area contributed by atoms with Gasteiger partial charge in [-0.05, 0) is 59.0 Å². The van der Waals surface area contributed by atoms with Gasteiger partial charge in [0.15, 0.2) is 9.84 Å². The van der Waals surface area contributed by atoms with Gasteiger partial charge in [-0.2, -0.15) is 13.2 Å². The first-order valence-electron chi connectivity index (χ1n) is 11.6. The Morgan fingerprint density at radius 2 is 1.70 bits per heavy atom. The second kappa shape index (κ2) is 9.97. The molecule has 0 saturated heterocycles. The Morgan fingerprint density at radius 3 is 2.38 bits per heavy atom. The molecule has 0 saturated carbocycles. The summed E-state index contributed by atoms with van der Waals surface area (Å²) in [5, 5.41) is 0.335. The van der Waals surface area contributed by atoms with Crippen LogP contribution in [0.2, 0.25) is 0 Å². The van der Waals surface area contributed by atoms with Crippen molar-refractivity contribution >= 4 is 26.7 Å². The van der Waals surface area contributed by atoms with Crippen LogP contribution in [-0.4, -0.2) is 25.1 Å². The fourth-order valence-electron chi connectivity index (χ4n) is 4.09. The van der Waals surface area contributed by atoms with Crippen molar-refractivity contribution in [2.24, 2.45) is 0 Å². The predicted molar refractivity (Wildman–Crippen MR) is 135 cm³/mol. The number of rotatable bonds is 6. The van der Waals surface area contributed by atoms with Crippen LogP contribution in [0.1, 0.15) is 48.2 Å². The van der Waals surface area contributed by atoms with Gasteiger partial charge in [-0.1, -0.05) is 51.1 Å². The monoisotopic (exact) mass is 527 g/mol. The Kier molecular flexibility index (Phi) is 7.10. The molecule has 1 heterocycles. The molecular weight excluding hydrogens is 503 g/mol. The Labute approximate surface area is 212 Å². The minimum atomic E-state index is -4.57. The molecule has 192 valence electrons. The fourth-order valence-corrected chi connectivity index (χ4v) is 5.02. The zero-order valence-corrected chi connectivity index (χ0v) is 21.2. The summed E-state index contributed by atoms with van der Waals surface area (Å²) >= 11 is 0. The second-order valence-electron chi connectivity index (χ2n) is 8.79. The van der Waals surface area contributed by atoms with Crippen LogP contribution >= 0.6 is 0 Å². The molecule has 0 N–H and O–H groups in total. The molecule has 0 atom stereocenters. The smallest absolute Gasteiger partial charge is 0.418 e. The highest BCUT2D eigenvalue weighted by Gasteiger charge is 2.33. The second-order valence-corrected chi connectivity index (χ2v) is 11.1. The van der Waals surface area contributed by atoms with Crippen LogP contribution in [0, 0.1) is 0 Å². The Bertz CT molecular complexity index is 1600. The molecule has 0 aliphatic rings. The summed E-state index contributed by atoms with van der Waals surface area (Å²) in [7, 11) is -3.51. The van der Waals surface area contributed by atoms with Gasteiger partial charge in [0.1, 0.15) is 5.75 Å². The van der Waals surface area contributed by atoms with E-state index in [2.05, 4.69) is 4.98 Å². The van der Waals surface area contributed by atoms with Crippen molar-refractivity contribution in [3.63, 3.8) is 0 Å². The van der Waals surface area contributed by atoms with Gasteiger partial charge in [-0.25, -0.2) is 13.2 Å². The zero-order chi connectivity index (χ0) is 27.0. The number of ether oxygens (including phenoxy) is 1. The number of carbonyl (C=O) groups is 1. The number of nitrogens with zero attached hydrogens (tertiary/aromatic N) is 1. The largest absolute Gasteiger partial charge is 0.423 e. The molecule has 4 rings (SSSR count). The van der Waals surface area contributed by atoms with E-state index in [4.69, 9.17) is 4.74 Å². The molecule has 0 unspecified atom stereocenters. The highest BCUT2D eigenvalue weighted by molar-refractivity contribution is 7.91. The third-order valence-corrected chi connectivity index (χ3v) is 7.73. The van der Waals surface area contributed by atoms with Gasteiger partial charge in [0, 0.05) is 11.6 Å². The number of benzene rings is 3. The van der Waals surface area contributed by atoms with E-state index in [1.165, 1.54) is 43.5 Å². The minimum absolute atomic E-state index is 0.0171. The molecule has 3 aromatic carbocycles. The summed E-state index contributed by atoms with van der Waals surface area (Å²) in [5.74, 6) is -0.746. The van der Waals surface area contributed by atoms with Gasteiger partial charge in [-0.3, -0.25) is 4.98 Å². The summed E-state index contributed by atoms with van der Waals surface area (Å²) in [6, 6.07) is 16.0. The van der Waals surface area contributed by atoms with Crippen molar-refractivity contribution in [2.75, 3.05) is 5.75 Å². The first kappa shape index (κ1) is 26.3. The number of alkyl halides is 3. The van der Waals surface area contributed by atoms with Crippen molar-refractivity contribution in [1.29, 1.82) is 0 Å². The maximum Gasteiger partial charge on any atom is 0.418 e. The third-order valence-electron chi connectivity index (χ3n) is 6.00. The van der Waals surface area contributed by atoms with Crippen molar-refractivity contribution in [2.45, 2.75) is 37.8 Å². The topological polar surface area (TPSA) is 73.3 Å². The van der Waals surface area contributed by atoms with Gasteiger partial charge >= 0.3 is 12.1 Å². The van der Waals surface area contributed by atoms with Crippen LogP contribution in [-0.2, 0) is 16.0 Å². The lowest BCUT2D eigenvalue weighted by atomic mass is 9.90. The molecule has 4 aromatic rings. The standard InChI is InChI=1S/C28H24F3NO4S/c1-4-37(34,35)21-11-6-9-19(15-21)27(33)36-20-10-5-8-18(14-20)25-22-12-7-13-24(28(29,30)31)26(22)32-16-23(25)17(2)3/h5-17H,4H2,1-3H3. The quantitative estimate of drug-likeness (QED) is 0.198. The van der Waals surface area contributed by atoms with E-state index < -0.39 is 27.5 Å². The lowest BCUT2D eigenvalue weighted by Crippen LogP contribution is -2.11. The molecule has 0 aliphatic carbocycles. The SMILES string of the molecule is CCS(=O)(=O)c1cccc(C(=O)Oc2cccc(-c3c(C(C)C)cnc4c(C(F)(F)F)cccc34)c2)c1. The average molecular weight is 528 g/mol. The van der Waals surface area contributed by atoms with Crippen LogP contribution in [0.4, 0.5) is 13.2 Å². The molecule has 0 aliphatic heterocycles. The molecule has 0 spiro atoms. The Balaban J connectivity index is 1.78. The Hall–Kier alpha value is -3.72. The predicted octanol–water partition coefficient (Wildman–Crippen LogP) is 7.06. The molecule has 0 fully saturated rings. The summed E-state index contributed by atoms with van der Waals surface area (Å²) in [6.45, 7) is 5.35. The summed E-state index contributed by atoms with van der Waals surface area (Å²) < 4.78 is 70.9. The maximum atomic E-state index is 13.7. The van der Waals surface area contributed by atoms with Crippen molar-refractivity contribution < 1.29 is 31.1 Å². The maximum absolute atomic E-state index is 13.7. The number of carbonyl (C=O) groups excluding carboxylic acids is 1. The van der Waals surface area contributed by atoms with E-state index in [-0.39, 0.29) is 33.4 Å². The first-order chi connectivity index (χ1) is 17.4. The molecule has 0 amide bonds. The number of esters is 1. The number of halogens is 3. The lowest BCUT2D eigenvalue weighted by molar-refractivity contribution is -0.136. The van der Waals surface area contributed by atoms with Gasteiger partial charge < -0.3 is 4.74 Å². The van der Waals surface area contributed by atoms with Gasteiger partial charge in [0.05, 0.1) is 27.3 Å². The van der Waals surface area contributed by atoms with Crippen LogP contribution < -0.4 is 4.74 Å². The molecule has 9 heteroatoms. The van der Waals surface area contributed by atoms with E-state index in [9.17, 15) is 26.4 Å². The number of hydrogen-bond donors (Lipinski definition) is 0. The number of fused-ring (bicyclic) bond motifs is 1. The normalized spacial score (nSPS) is 12.2. The minimum Gasteiger partial charge on any atom is -0.423 e. The average Bonchev–Trinajstić information content (AvgIpc) is 2.87. The van der Waals surface area contributed by atoms with E-state index in [1.54, 1.807) is 30.3 Å². The van der Waals surface area contributed by atoms with Crippen molar-refractivity contribution in [3.8, 4) is 16.9 Å². The highest BCUT2D eigenvalue weighted by atomic mass is 32.2. The van der Waals surface area contributed by atoms with Crippen LogP contribution in [0.25, 0.3) is 22.0 Å². The molecule has 37 heavy (non-hydrogen) atoms. The summed E-state index contributed by atoms with van der Waals surface area (Å²) in [4.78, 5) is 17.0. The zero-order valence-electron chi connectivity index (χ0n) is 20.3. The number of aromatic nitrogens is 1. The van der Waals surface area contributed by atoms with E-state index in [1.807, 2.05) is 13.8 Å². The summed E-state index contributed by atoms with van der Waals surface area (Å²) in [6.07, 6.45) is -3.11. The molecule has 1 aromatic heterocycles. The highest BCUT2D eigenvalue weighted by Crippen LogP contribution is 2.40. The summed E-state index contributed by atoms with van der Waals surface area (Å²) in [5.41, 5.74) is 0.944.